The van der Waals surface area contributed by atoms with Gasteiger partial charge >= 0.3 is 0 Å². The fourth-order valence-corrected chi connectivity index (χ4v) is 2.05. The van der Waals surface area contributed by atoms with E-state index in [1.54, 1.807) is 0 Å². The van der Waals surface area contributed by atoms with Crippen LogP contribution in [-0.4, -0.2) is 30.5 Å². The van der Waals surface area contributed by atoms with Crippen molar-refractivity contribution in [2.45, 2.75) is 44.6 Å². The summed E-state index contributed by atoms with van der Waals surface area (Å²) in [7, 11) is 0. The summed E-state index contributed by atoms with van der Waals surface area (Å²) in [6, 6.07) is 10.4. The highest BCUT2D eigenvalue weighted by molar-refractivity contribution is 5.14. The van der Waals surface area contributed by atoms with E-state index in [4.69, 9.17) is 10.5 Å². The van der Waals surface area contributed by atoms with Gasteiger partial charge in [0, 0.05) is 19.8 Å². The van der Waals surface area contributed by atoms with E-state index in [9.17, 15) is 5.11 Å². The molecule has 108 valence electrons. The summed E-state index contributed by atoms with van der Waals surface area (Å²) in [4.78, 5) is 0. The highest BCUT2D eigenvalue weighted by atomic mass is 16.5. The van der Waals surface area contributed by atoms with E-state index in [1.807, 2.05) is 13.0 Å². The lowest BCUT2D eigenvalue weighted by Gasteiger charge is -2.24. The summed E-state index contributed by atoms with van der Waals surface area (Å²) in [5.74, 6) is 0. The number of hydrogen-bond donors (Lipinski definition) is 2. The molecule has 1 rings (SSSR count). The van der Waals surface area contributed by atoms with Crippen LogP contribution in [0.5, 0.6) is 0 Å². The molecule has 0 aromatic heterocycles. The number of aryl methyl sites for hydroxylation is 1. The third kappa shape index (κ3) is 6.71. The molecule has 19 heavy (non-hydrogen) atoms. The van der Waals surface area contributed by atoms with Crippen molar-refractivity contribution in [1.29, 1.82) is 0 Å². The number of aliphatic hydroxyl groups is 1. The molecule has 0 amide bonds. The van der Waals surface area contributed by atoms with Crippen molar-refractivity contribution in [3.8, 4) is 0 Å². The van der Waals surface area contributed by atoms with E-state index in [-0.39, 0.29) is 0 Å². The zero-order valence-electron chi connectivity index (χ0n) is 12.0. The Bertz CT molecular complexity index is 323. The first-order chi connectivity index (χ1) is 9.20. The molecule has 3 nitrogen and oxygen atoms in total. The van der Waals surface area contributed by atoms with Crippen LogP contribution in [0.15, 0.2) is 30.3 Å². The minimum atomic E-state index is -0.701. The number of rotatable bonds is 10. The quantitative estimate of drug-likeness (QED) is 0.639. The van der Waals surface area contributed by atoms with Gasteiger partial charge in [-0.15, -0.1) is 0 Å². The van der Waals surface area contributed by atoms with Gasteiger partial charge in [0.05, 0.1) is 5.60 Å². The molecule has 0 saturated heterocycles. The first-order valence-corrected chi connectivity index (χ1v) is 7.24. The molecule has 0 aliphatic rings. The maximum atomic E-state index is 10.00. The fourth-order valence-electron chi connectivity index (χ4n) is 2.05. The Morgan fingerprint density at radius 2 is 1.84 bits per heavy atom. The van der Waals surface area contributed by atoms with E-state index in [0.717, 1.165) is 32.3 Å². The molecule has 0 heterocycles. The molecule has 0 bridgehead atoms. The van der Waals surface area contributed by atoms with Crippen LogP contribution in [0.1, 0.15) is 38.2 Å². The minimum absolute atomic E-state index is 0.331. The second-order valence-electron chi connectivity index (χ2n) is 5.09. The van der Waals surface area contributed by atoms with Gasteiger partial charge in [-0.05, 0) is 37.7 Å². The molecular weight excluding hydrogens is 238 g/mol. The molecule has 0 aliphatic carbocycles. The van der Waals surface area contributed by atoms with Crippen LogP contribution < -0.4 is 5.73 Å². The molecule has 1 aromatic carbocycles. The Hall–Kier alpha value is -0.900. The maximum Gasteiger partial charge on any atom is 0.0767 e. The van der Waals surface area contributed by atoms with Crippen LogP contribution in [0.2, 0.25) is 0 Å². The van der Waals surface area contributed by atoms with Gasteiger partial charge in [0.15, 0.2) is 0 Å². The van der Waals surface area contributed by atoms with Gasteiger partial charge in [0.25, 0.3) is 0 Å². The smallest absolute Gasteiger partial charge is 0.0767 e. The van der Waals surface area contributed by atoms with Crippen LogP contribution in [0.4, 0.5) is 0 Å². The molecule has 1 unspecified atom stereocenters. The molecule has 0 aliphatic heterocycles. The molecule has 0 fully saturated rings. The Morgan fingerprint density at radius 3 is 2.47 bits per heavy atom. The predicted molar refractivity (Wildman–Crippen MR) is 79.1 cm³/mol. The van der Waals surface area contributed by atoms with Crippen LogP contribution >= 0.6 is 0 Å². The van der Waals surface area contributed by atoms with E-state index >= 15 is 0 Å². The van der Waals surface area contributed by atoms with Gasteiger partial charge in [-0.25, -0.2) is 0 Å². The van der Waals surface area contributed by atoms with Gasteiger partial charge in [0.2, 0.25) is 0 Å². The van der Waals surface area contributed by atoms with Crippen molar-refractivity contribution in [2.24, 2.45) is 5.73 Å². The Balaban J connectivity index is 2.00. The molecule has 0 saturated carbocycles. The predicted octanol–water partition coefficient (Wildman–Crippen LogP) is 2.52. The Morgan fingerprint density at radius 1 is 1.16 bits per heavy atom. The first kappa shape index (κ1) is 16.2. The maximum absolute atomic E-state index is 10.00. The van der Waals surface area contributed by atoms with E-state index < -0.39 is 5.60 Å². The van der Waals surface area contributed by atoms with E-state index in [0.29, 0.717) is 19.6 Å². The summed E-state index contributed by atoms with van der Waals surface area (Å²) >= 11 is 0. The summed E-state index contributed by atoms with van der Waals surface area (Å²) in [6.07, 6.45) is 4.39. The summed E-state index contributed by atoms with van der Waals surface area (Å²) < 4.78 is 5.59. The van der Waals surface area contributed by atoms with Crippen LogP contribution in [-0.2, 0) is 11.2 Å². The monoisotopic (exact) mass is 265 g/mol. The SMILES string of the molecule is CCC(O)(CN)CCCOCCCc1ccccc1. The van der Waals surface area contributed by atoms with Crippen molar-refractivity contribution in [2.75, 3.05) is 19.8 Å². The summed E-state index contributed by atoms with van der Waals surface area (Å²) in [6.45, 7) is 3.78. The van der Waals surface area contributed by atoms with Crippen molar-refractivity contribution >= 4 is 0 Å². The Labute approximate surface area is 116 Å². The average Bonchev–Trinajstić information content (AvgIpc) is 2.47. The molecule has 3 heteroatoms. The van der Waals surface area contributed by atoms with Gasteiger partial charge in [0.1, 0.15) is 0 Å². The zero-order chi connectivity index (χ0) is 14.0. The lowest BCUT2D eigenvalue weighted by molar-refractivity contribution is 0.0234. The molecular formula is C16H27NO2. The van der Waals surface area contributed by atoms with Gasteiger partial charge < -0.3 is 15.6 Å². The van der Waals surface area contributed by atoms with Crippen molar-refractivity contribution in [1.82, 2.24) is 0 Å². The van der Waals surface area contributed by atoms with Crippen LogP contribution in [0.25, 0.3) is 0 Å². The van der Waals surface area contributed by atoms with Gasteiger partial charge in [-0.1, -0.05) is 37.3 Å². The van der Waals surface area contributed by atoms with E-state index in [2.05, 4.69) is 24.3 Å². The molecule has 0 radical (unpaired) electrons. The van der Waals surface area contributed by atoms with Gasteiger partial charge in [-0.3, -0.25) is 0 Å². The number of ether oxygens (including phenoxy) is 1. The van der Waals surface area contributed by atoms with Crippen LogP contribution in [0, 0.1) is 0 Å². The fraction of sp³-hybridized carbons (Fsp3) is 0.625. The molecule has 3 N–H and O–H groups in total. The number of nitrogens with two attached hydrogens (primary N) is 1. The third-order valence-corrected chi connectivity index (χ3v) is 3.57. The average molecular weight is 265 g/mol. The molecule has 0 spiro atoms. The van der Waals surface area contributed by atoms with Crippen molar-refractivity contribution < 1.29 is 9.84 Å². The zero-order valence-corrected chi connectivity index (χ0v) is 12.0. The van der Waals surface area contributed by atoms with Gasteiger partial charge in [-0.2, -0.15) is 0 Å². The first-order valence-electron chi connectivity index (χ1n) is 7.24. The number of hydrogen-bond acceptors (Lipinski definition) is 3. The standard InChI is InChI=1S/C16H27NO2/c1-2-16(18,14-17)11-7-13-19-12-6-10-15-8-4-3-5-9-15/h3-5,8-9,18H,2,6-7,10-14,17H2,1H3. The van der Waals surface area contributed by atoms with Crippen LogP contribution in [0.3, 0.4) is 0 Å². The summed E-state index contributed by atoms with van der Waals surface area (Å²) in [5, 5.41) is 10.00. The second-order valence-corrected chi connectivity index (χ2v) is 5.09. The largest absolute Gasteiger partial charge is 0.389 e. The highest BCUT2D eigenvalue weighted by Gasteiger charge is 2.21. The van der Waals surface area contributed by atoms with E-state index in [1.165, 1.54) is 5.56 Å². The lowest BCUT2D eigenvalue weighted by Crippen LogP contribution is -2.37. The minimum Gasteiger partial charge on any atom is -0.389 e. The normalized spacial score (nSPS) is 14.3. The third-order valence-electron chi connectivity index (χ3n) is 3.57. The molecule has 1 aromatic rings. The molecule has 1 atom stereocenters. The summed E-state index contributed by atoms with van der Waals surface area (Å²) in [5.41, 5.74) is 6.21. The number of benzene rings is 1. The highest BCUT2D eigenvalue weighted by Crippen LogP contribution is 2.15. The Kier molecular flexibility index (Phi) is 7.72. The second kappa shape index (κ2) is 9.08. The topological polar surface area (TPSA) is 55.5 Å². The van der Waals surface area contributed by atoms with Crippen molar-refractivity contribution in [3.05, 3.63) is 35.9 Å². The lowest BCUT2D eigenvalue weighted by atomic mass is 9.95. The van der Waals surface area contributed by atoms with Crippen molar-refractivity contribution in [3.63, 3.8) is 0 Å².